The maximum atomic E-state index is 13.1. The Hall–Kier alpha value is -1.30. The lowest BCUT2D eigenvalue weighted by atomic mass is 9.83. The van der Waals surface area contributed by atoms with Gasteiger partial charge in [0.05, 0.1) is 0 Å². The molecule has 6 heteroatoms. The van der Waals surface area contributed by atoms with Crippen molar-refractivity contribution in [3.63, 3.8) is 0 Å². The Morgan fingerprint density at radius 2 is 1.77 bits per heavy atom. The van der Waals surface area contributed by atoms with E-state index in [9.17, 15) is 9.59 Å². The molecule has 3 fully saturated rings. The van der Waals surface area contributed by atoms with Crippen molar-refractivity contribution in [3.8, 4) is 0 Å². The van der Waals surface area contributed by atoms with E-state index in [1.54, 1.807) is 0 Å². The van der Waals surface area contributed by atoms with Gasteiger partial charge in [0, 0.05) is 44.2 Å². The van der Waals surface area contributed by atoms with Crippen LogP contribution >= 0.6 is 0 Å². The predicted octanol–water partition coefficient (Wildman–Crippen LogP) is 2.29. The standard InChI is InChI=1S/C20H36N4O2/c1-16(2)21-20(26)23-12-6-9-18(15-23)24(19(25)17-7-5-8-17)14-13-22-10-3-4-11-22/h16-18H,3-15H2,1-2H3,(H,21,26). The van der Waals surface area contributed by atoms with Gasteiger partial charge in [-0.15, -0.1) is 0 Å². The van der Waals surface area contributed by atoms with Crippen molar-refractivity contribution < 1.29 is 9.59 Å². The quantitative estimate of drug-likeness (QED) is 0.787. The number of likely N-dealkylation sites (tertiary alicyclic amines) is 2. The summed E-state index contributed by atoms with van der Waals surface area (Å²) in [6.45, 7) is 9.58. The summed E-state index contributed by atoms with van der Waals surface area (Å²) in [5, 5.41) is 3.00. The molecular weight excluding hydrogens is 328 g/mol. The minimum absolute atomic E-state index is 0.0142. The van der Waals surface area contributed by atoms with E-state index in [2.05, 4.69) is 15.1 Å². The normalized spacial score (nSPS) is 24.6. The Kier molecular flexibility index (Phi) is 6.79. The van der Waals surface area contributed by atoms with E-state index >= 15 is 0 Å². The third-order valence-corrected chi connectivity index (χ3v) is 6.13. The molecule has 0 radical (unpaired) electrons. The third kappa shape index (κ3) is 4.90. The van der Waals surface area contributed by atoms with Crippen molar-refractivity contribution >= 4 is 11.9 Å². The van der Waals surface area contributed by atoms with Gasteiger partial charge in [0.25, 0.3) is 0 Å². The largest absolute Gasteiger partial charge is 0.336 e. The third-order valence-electron chi connectivity index (χ3n) is 6.13. The molecule has 3 aliphatic rings. The Balaban J connectivity index is 1.61. The van der Waals surface area contributed by atoms with E-state index in [0.29, 0.717) is 12.5 Å². The number of nitrogens with one attached hydrogen (secondary N) is 1. The number of carbonyl (C=O) groups excluding carboxylic acids is 2. The zero-order valence-electron chi connectivity index (χ0n) is 16.6. The van der Waals surface area contributed by atoms with Gasteiger partial charge in [-0.3, -0.25) is 4.79 Å². The van der Waals surface area contributed by atoms with Crippen molar-refractivity contribution in [2.45, 2.75) is 70.9 Å². The summed E-state index contributed by atoms with van der Waals surface area (Å²) < 4.78 is 0. The van der Waals surface area contributed by atoms with Crippen LogP contribution in [-0.4, -0.2) is 78.0 Å². The number of amides is 3. The minimum Gasteiger partial charge on any atom is -0.336 e. The fourth-order valence-electron chi connectivity index (χ4n) is 4.35. The summed E-state index contributed by atoms with van der Waals surface area (Å²) in [6.07, 6.45) is 7.83. The fraction of sp³-hybridized carbons (Fsp3) is 0.900. The van der Waals surface area contributed by atoms with Crippen molar-refractivity contribution in [2.75, 3.05) is 39.3 Å². The molecule has 2 aliphatic heterocycles. The van der Waals surface area contributed by atoms with Crippen LogP contribution in [0.25, 0.3) is 0 Å². The molecule has 26 heavy (non-hydrogen) atoms. The van der Waals surface area contributed by atoms with Crippen LogP contribution in [0.5, 0.6) is 0 Å². The van der Waals surface area contributed by atoms with E-state index in [0.717, 1.165) is 45.3 Å². The van der Waals surface area contributed by atoms with Crippen LogP contribution in [0.4, 0.5) is 4.79 Å². The Labute approximate surface area is 158 Å². The highest BCUT2D eigenvalue weighted by atomic mass is 16.2. The van der Waals surface area contributed by atoms with Gasteiger partial charge in [0.1, 0.15) is 0 Å². The lowest BCUT2D eigenvalue weighted by Crippen LogP contribution is -2.56. The molecular formula is C20H36N4O2. The second-order valence-corrected chi connectivity index (χ2v) is 8.55. The molecule has 1 saturated carbocycles. The molecule has 3 rings (SSSR count). The van der Waals surface area contributed by atoms with Crippen molar-refractivity contribution in [1.29, 1.82) is 0 Å². The van der Waals surface area contributed by atoms with Gasteiger partial charge in [0.2, 0.25) is 5.91 Å². The molecule has 2 heterocycles. The summed E-state index contributed by atoms with van der Waals surface area (Å²) in [6, 6.07) is 0.336. The van der Waals surface area contributed by atoms with Crippen LogP contribution in [0.3, 0.4) is 0 Å². The Bertz CT molecular complexity index is 486. The van der Waals surface area contributed by atoms with Crippen LogP contribution in [0.1, 0.15) is 58.8 Å². The fourth-order valence-corrected chi connectivity index (χ4v) is 4.35. The van der Waals surface area contributed by atoms with Crippen LogP contribution in [0, 0.1) is 5.92 Å². The molecule has 0 spiro atoms. The smallest absolute Gasteiger partial charge is 0.317 e. The molecule has 148 valence electrons. The first-order valence-corrected chi connectivity index (χ1v) is 10.6. The van der Waals surface area contributed by atoms with E-state index in [-0.39, 0.29) is 24.0 Å². The van der Waals surface area contributed by atoms with Crippen LogP contribution in [-0.2, 0) is 4.79 Å². The second kappa shape index (κ2) is 9.07. The van der Waals surface area contributed by atoms with Crippen LogP contribution in [0.2, 0.25) is 0 Å². The first-order chi connectivity index (χ1) is 12.5. The first-order valence-electron chi connectivity index (χ1n) is 10.6. The lowest BCUT2D eigenvalue weighted by molar-refractivity contribution is -0.141. The van der Waals surface area contributed by atoms with Gasteiger partial charge in [-0.25, -0.2) is 4.79 Å². The molecule has 0 bridgehead atoms. The highest BCUT2D eigenvalue weighted by molar-refractivity contribution is 5.80. The number of hydrogen-bond acceptors (Lipinski definition) is 3. The number of carbonyl (C=O) groups is 2. The number of urea groups is 1. The summed E-state index contributed by atoms with van der Waals surface area (Å²) in [7, 11) is 0. The summed E-state index contributed by atoms with van der Waals surface area (Å²) in [4.78, 5) is 32.0. The van der Waals surface area contributed by atoms with Gasteiger partial charge in [0.15, 0.2) is 0 Å². The molecule has 3 amide bonds. The molecule has 0 aromatic carbocycles. The second-order valence-electron chi connectivity index (χ2n) is 8.55. The van der Waals surface area contributed by atoms with E-state index in [4.69, 9.17) is 0 Å². The lowest BCUT2D eigenvalue weighted by Gasteiger charge is -2.42. The summed E-state index contributed by atoms with van der Waals surface area (Å²) in [5.74, 6) is 0.569. The highest BCUT2D eigenvalue weighted by Crippen LogP contribution is 2.30. The van der Waals surface area contributed by atoms with Gasteiger partial charge in [-0.2, -0.15) is 0 Å². The SMILES string of the molecule is CC(C)NC(=O)N1CCCC(N(CCN2CCCC2)C(=O)C2CCC2)C1. The predicted molar refractivity (Wildman–Crippen MR) is 103 cm³/mol. The molecule has 1 aliphatic carbocycles. The number of rotatable bonds is 6. The summed E-state index contributed by atoms with van der Waals surface area (Å²) >= 11 is 0. The van der Waals surface area contributed by atoms with Gasteiger partial charge < -0.3 is 20.0 Å². The van der Waals surface area contributed by atoms with Crippen LogP contribution in [0.15, 0.2) is 0 Å². The number of nitrogens with zero attached hydrogens (tertiary/aromatic N) is 3. The van der Waals surface area contributed by atoms with Gasteiger partial charge in [-0.05, 0) is 65.5 Å². The average molecular weight is 365 g/mol. The first kappa shape index (κ1) is 19.5. The number of hydrogen-bond donors (Lipinski definition) is 1. The zero-order valence-corrected chi connectivity index (χ0v) is 16.6. The maximum Gasteiger partial charge on any atom is 0.317 e. The Morgan fingerprint density at radius 3 is 2.38 bits per heavy atom. The molecule has 1 unspecified atom stereocenters. The van der Waals surface area contributed by atoms with Gasteiger partial charge >= 0.3 is 6.03 Å². The topological polar surface area (TPSA) is 55.9 Å². The maximum absolute atomic E-state index is 13.1. The van der Waals surface area contributed by atoms with E-state index in [1.807, 2.05) is 18.7 Å². The molecule has 6 nitrogen and oxygen atoms in total. The average Bonchev–Trinajstić information content (AvgIpc) is 3.06. The summed E-state index contributed by atoms with van der Waals surface area (Å²) in [5.41, 5.74) is 0. The monoisotopic (exact) mass is 364 g/mol. The minimum atomic E-state index is 0.0142. The van der Waals surface area contributed by atoms with E-state index < -0.39 is 0 Å². The van der Waals surface area contributed by atoms with Crippen molar-refractivity contribution in [1.82, 2.24) is 20.0 Å². The molecule has 1 N–H and O–H groups in total. The Morgan fingerprint density at radius 1 is 1.04 bits per heavy atom. The van der Waals surface area contributed by atoms with E-state index in [1.165, 1.54) is 32.4 Å². The molecule has 0 aromatic rings. The molecule has 0 aromatic heterocycles. The highest BCUT2D eigenvalue weighted by Gasteiger charge is 2.36. The van der Waals surface area contributed by atoms with Crippen molar-refractivity contribution in [3.05, 3.63) is 0 Å². The van der Waals surface area contributed by atoms with Gasteiger partial charge in [-0.1, -0.05) is 6.42 Å². The van der Waals surface area contributed by atoms with Crippen molar-refractivity contribution in [2.24, 2.45) is 5.92 Å². The van der Waals surface area contributed by atoms with Crippen LogP contribution < -0.4 is 5.32 Å². The molecule has 1 atom stereocenters. The molecule has 2 saturated heterocycles. The zero-order chi connectivity index (χ0) is 18.5. The number of piperidine rings is 1.